The third kappa shape index (κ3) is 4.31. The Balaban J connectivity index is 1.50. The maximum absolute atomic E-state index is 14.2. The number of aliphatic hydroxyl groups excluding tert-OH is 1. The summed E-state index contributed by atoms with van der Waals surface area (Å²) >= 11 is 0. The molecule has 0 heterocycles. The lowest BCUT2D eigenvalue weighted by Gasteiger charge is -2.60. The van der Waals surface area contributed by atoms with Gasteiger partial charge in [0.15, 0.2) is 0 Å². The largest absolute Gasteiger partial charge is 0.431 e. The van der Waals surface area contributed by atoms with Gasteiger partial charge in [-0.1, -0.05) is 27.2 Å². The average Bonchev–Trinajstić information content (AvgIpc) is 3.03. The number of hydrogen-bond acceptors (Lipinski definition) is 2. The molecule has 0 aromatic heterocycles. The summed E-state index contributed by atoms with van der Waals surface area (Å²) in [5.74, 6) is 0.103. The Labute approximate surface area is 210 Å². The normalized spacial score (nSPS) is 43.8. The number of ketones is 1. The number of fused-ring (bicyclic) bond motifs is 5. The summed E-state index contributed by atoms with van der Waals surface area (Å²) in [7, 11) is 0. The minimum absolute atomic E-state index is 0.0549. The maximum atomic E-state index is 14.2. The van der Waals surface area contributed by atoms with Crippen molar-refractivity contribution in [2.24, 2.45) is 46.3 Å². The Morgan fingerprint density at radius 2 is 1.61 bits per heavy atom. The van der Waals surface area contributed by atoms with Crippen molar-refractivity contribution in [2.45, 2.75) is 116 Å². The molecule has 0 bridgehead atoms. The number of carbonyl (C=O) groups is 1. The molecule has 0 unspecified atom stereocenters. The fourth-order valence-corrected chi connectivity index (χ4v) is 9.02. The van der Waals surface area contributed by atoms with Gasteiger partial charge in [-0.05, 0) is 98.2 Å². The van der Waals surface area contributed by atoms with Crippen molar-refractivity contribution in [1.82, 2.24) is 0 Å². The molecule has 4 rings (SSSR count). The van der Waals surface area contributed by atoms with E-state index in [4.69, 9.17) is 1.37 Å². The summed E-state index contributed by atoms with van der Waals surface area (Å²) in [4.78, 5) is 13.4. The number of carbonyl (C=O) groups excluding carboxylic acids is 1. The zero-order valence-corrected chi connectivity index (χ0v) is 21.2. The van der Waals surface area contributed by atoms with Crippen LogP contribution in [0.15, 0.2) is 0 Å². The van der Waals surface area contributed by atoms with E-state index >= 15 is 0 Å². The van der Waals surface area contributed by atoms with E-state index in [-0.39, 0.29) is 47.9 Å². The van der Waals surface area contributed by atoms with Gasteiger partial charge in [0.1, 0.15) is 5.78 Å². The third-order valence-corrected chi connectivity index (χ3v) is 11.0. The van der Waals surface area contributed by atoms with Crippen LogP contribution in [0, 0.1) is 46.3 Å². The Hall–Kier alpha value is -0.860. The van der Waals surface area contributed by atoms with E-state index in [2.05, 4.69) is 6.92 Å². The quantitative estimate of drug-likeness (QED) is 0.369. The fourth-order valence-electron chi connectivity index (χ4n) is 9.02. The third-order valence-electron chi connectivity index (χ3n) is 11.0. The smallest absolute Gasteiger partial charge is 0.393 e. The Morgan fingerprint density at radius 3 is 2.22 bits per heavy atom. The predicted octanol–water partition coefficient (Wildman–Crippen LogP) is 7.82. The van der Waals surface area contributed by atoms with Gasteiger partial charge in [0.25, 0.3) is 5.67 Å². The van der Waals surface area contributed by atoms with Crippen LogP contribution < -0.4 is 0 Å². The van der Waals surface area contributed by atoms with Crippen molar-refractivity contribution in [3.8, 4) is 0 Å². The van der Waals surface area contributed by atoms with Crippen LogP contribution in [-0.4, -0.2) is 35.0 Å². The highest BCUT2D eigenvalue weighted by Crippen LogP contribution is 2.67. The molecule has 9 heteroatoms. The van der Waals surface area contributed by atoms with Gasteiger partial charge in [0, 0.05) is 13.7 Å². The van der Waals surface area contributed by atoms with Crippen molar-refractivity contribution in [3.05, 3.63) is 0 Å². The molecular weight excluding hydrogens is 489 g/mol. The monoisotopic (exact) mass is 529 g/mol. The molecule has 0 amide bonds. The molecule has 0 aromatic carbocycles. The van der Waals surface area contributed by atoms with Crippen molar-refractivity contribution < 1.29 is 42.0 Å². The van der Waals surface area contributed by atoms with Crippen molar-refractivity contribution in [3.63, 3.8) is 0 Å². The van der Waals surface area contributed by atoms with E-state index in [1.54, 1.807) is 6.92 Å². The van der Waals surface area contributed by atoms with Crippen LogP contribution in [-0.2, 0) is 4.79 Å². The van der Waals surface area contributed by atoms with E-state index in [9.17, 15) is 40.6 Å². The first-order valence-electron chi connectivity index (χ1n) is 13.9. The number of halogens is 7. The molecule has 2 nitrogen and oxygen atoms in total. The molecule has 36 heavy (non-hydrogen) atoms. The molecule has 0 saturated heterocycles. The van der Waals surface area contributed by atoms with Gasteiger partial charge in [-0.3, -0.25) is 4.79 Å². The molecule has 4 aliphatic rings. The second kappa shape index (κ2) is 9.11. The standard InChI is InChI=1S/C27H39F7O2/c1-15(5-4-10-25(28,26(29,30)31)27(32,33)34)20-14-21(36)22-18-7-6-16-13-17(35)8-11-23(16,2)19(18)9-12-24(20,22)3/h15-20,22,35H,4-14H2,1-3H3/t15-,16+,17+,18-,19+,20-,22-,23+,24-/m1/s1/i4D/t4-,15-,16+,17+,18-,19+,20-,22-,23+,24-. The summed E-state index contributed by atoms with van der Waals surface area (Å²) in [5.41, 5.74) is -5.81. The van der Waals surface area contributed by atoms with E-state index in [1.807, 2.05) is 6.92 Å². The van der Waals surface area contributed by atoms with Crippen LogP contribution in [0.4, 0.5) is 30.7 Å². The topological polar surface area (TPSA) is 37.3 Å². The zero-order valence-electron chi connectivity index (χ0n) is 22.2. The molecule has 0 radical (unpaired) electrons. The second-order valence-corrected chi connectivity index (χ2v) is 12.8. The lowest BCUT2D eigenvalue weighted by molar-refractivity contribution is -0.343. The number of Topliss-reactive ketones (excluding diaryl/α,β-unsaturated/α-hetero) is 1. The Kier molecular flexibility index (Phi) is 6.77. The van der Waals surface area contributed by atoms with Crippen LogP contribution in [0.5, 0.6) is 0 Å². The summed E-state index contributed by atoms with van der Waals surface area (Å²) in [6.07, 6.45) is -10.7. The number of aliphatic hydroxyl groups is 1. The van der Waals surface area contributed by atoms with Gasteiger partial charge in [-0.25, -0.2) is 4.39 Å². The molecule has 0 aromatic rings. The number of rotatable bonds is 5. The molecule has 10 atom stereocenters. The van der Waals surface area contributed by atoms with Gasteiger partial charge in [0.05, 0.1) is 6.10 Å². The van der Waals surface area contributed by atoms with E-state index in [1.165, 1.54) is 0 Å². The van der Waals surface area contributed by atoms with E-state index in [0.29, 0.717) is 11.8 Å². The summed E-state index contributed by atoms with van der Waals surface area (Å²) in [5, 5.41) is 10.2. The van der Waals surface area contributed by atoms with Crippen LogP contribution in [0.2, 0.25) is 0 Å². The SMILES string of the molecule is [2H][C@H](C[C@@H](C)[C@H]1CC(=O)[C@H]2[C@@H]3CC[C@H]4C[C@@H](O)CC[C@]4(C)[C@H]3CC[C@]12C)CC(F)(C(F)(F)F)C(F)(F)F. The van der Waals surface area contributed by atoms with Gasteiger partial charge in [0.2, 0.25) is 0 Å². The summed E-state index contributed by atoms with van der Waals surface area (Å²) in [6, 6.07) is 0. The van der Waals surface area contributed by atoms with Crippen molar-refractivity contribution >= 4 is 5.78 Å². The van der Waals surface area contributed by atoms with Crippen LogP contribution in [0.1, 0.15) is 92.7 Å². The highest BCUT2D eigenvalue weighted by atomic mass is 19.4. The fraction of sp³-hybridized carbons (Fsp3) is 0.963. The predicted molar refractivity (Wildman–Crippen MR) is 121 cm³/mol. The first kappa shape index (κ1) is 26.7. The molecule has 0 aliphatic heterocycles. The summed E-state index contributed by atoms with van der Waals surface area (Å²) in [6.45, 7) is 6.00. The average molecular weight is 530 g/mol. The van der Waals surface area contributed by atoms with Gasteiger partial charge in [-0.15, -0.1) is 0 Å². The van der Waals surface area contributed by atoms with Crippen LogP contribution in [0.3, 0.4) is 0 Å². The molecule has 0 spiro atoms. The minimum atomic E-state index is -6.16. The van der Waals surface area contributed by atoms with E-state index < -0.39 is 42.2 Å². The highest BCUT2D eigenvalue weighted by Gasteiger charge is 2.72. The molecular formula is C27H39F7O2. The van der Waals surface area contributed by atoms with Crippen molar-refractivity contribution in [1.29, 1.82) is 0 Å². The number of alkyl halides is 7. The van der Waals surface area contributed by atoms with Crippen molar-refractivity contribution in [2.75, 3.05) is 0 Å². The Morgan fingerprint density at radius 1 is 1.00 bits per heavy atom. The van der Waals surface area contributed by atoms with Crippen LogP contribution in [0.25, 0.3) is 0 Å². The highest BCUT2D eigenvalue weighted by molar-refractivity contribution is 5.85. The zero-order chi connectivity index (χ0) is 27.8. The van der Waals surface area contributed by atoms with Crippen LogP contribution >= 0.6 is 0 Å². The second-order valence-electron chi connectivity index (χ2n) is 12.8. The maximum Gasteiger partial charge on any atom is 0.431 e. The molecule has 208 valence electrons. The molecule has 1 N–H and O–H groups in total. The first-order valence-corrected chi connectivity index (χ1v) is 13.3. The minimum Gasteiger partial charge on any atom is -0.393 e. The Bertz CT molecular complexity index is 862. The van der Waals surface area contributed by atoms with E-state index in [0.717, 1.165) is 44.9 Å². The van der Waals surface area contributed by atoms with Gasteiger partial charge < -0.3 is 5.11 Å². The lowest BCUT2D eigenvalue weighted by atomic mass is 9.44. The molecule has 4 saturated carbocycles. The number of hydrogen-bond donors (Lipinski definition) is 1. The van der Waals surface area contributed by atoms with Gasteiger partial charge in [-0.2, -0.15) is 26.3 Å². The lowest BCUT2D eigenvalue weighted by Crippen LogP contribution is -2.55. The van der Waals surface area contributed by atoms with Gasteiger partial charge >= 0.3 is 12.4 Å². The summed E-state index contributed by atoms with van der Waals surface area (Å²) < 4.78 is 100. The molecule has 4 fully saturated rings. The first-order chi connectivity index (χ1) is 16.8. The molecule has 4 aliphatic carbocycles.